The summed E-state index contributed by atoms with van der Waals surface area (Å²) in [6.45, 7) is 2.28. The van der Waals surface area contributed by atoms with E-state index in [9.17, 15) is 12.8 Å². The van der Waals surface area contributed by atoms with E-state index in [2.05, 4.69) is 14.7 Å². The molecule has 6 nitrogen and oxygen atoms in total. The largest absolute Gasteiger partial charge is 0.291 e. The zero-order valence-corrected chi connectivity index (χ0v) is 14.3. The van der Waals surface area contributed by atoms with Crippen molar-refractivity contribution in [1.82, 2.24) is 19.4 Å². The van der Waals surface area contributed by atoms with Crippen LogP contribution in [-0.4, -0.2) is 42.4 Å². The third-order valence-electron chi connectivity index (χ3n) is 4.15. The molecule has 0 radical (unpaired) electrons. The summed E-state index contributed by atoms with van der Waals surface area (Å²) in [5, 5.41) is 4.35. The maximum atomic E-state index is 13.9. The quantitative estimate of drug-likeness (QED) is 0.856. The van der Waals surface area contributed by atoms with Crippen molar-refractivity contribution in [3.05, 3.63) is 53.6 Å². The van der Waals surface area contributed by atoms with Crippen LogP contribution < -0.4 is 4.72 Å². The third-order valence-corrected chi connectivity index (χ3v) is 4.87. The number of rotatable bonds is 6. The molecule has 0 unspecified atom stereocenters. The minimum Gasteiger partial charge on any atom is -0.291 e. The smallest absolute Gasteiger partial charge is 0.208 e. The van der Waals surface area contributed by atoms with Crippen molar-refractivity contribution in [2.75, 3.05) is 19.3 Å². The lowest BCUT2D eigenvalue weighted by Crippen LogP contribution is -2.39. The first kappa shape index (κ1) is 17.1. The van der Waals surface area contributed by atoms with E-state index in [1.54, 1.807) is 18.3 Å². The lowest BCUT2D eigenvalue weighted by Gasteiger charge is -2.34. The fourth-order valence-electron chi connectivity index (χ4n) is 3.08. The van der Waals surface area contributed by atoms with Crippen molar-refractivity contribution in [3.63, 3.8) is 0 Å². The fourth-order valence-corrected chi connectivity index (χ4v) is 3.57. The highest BCUT2D eigenvalue weighted by atomic mass is 32.2. The first-order chi connectivity index (χ1) is 11.4. The highest BCUT2D eigenvalue weighted by Crippen LogP contribution is 2.24. The number of hydrogen-bond acceptors (Lipinski definition) is 4. The average molecular weight is 352 g/mol. The summed E-state index contributed by atoms with van der Waals surface area (Å²) in [4.78, 5) is 2.17. The van der Waals surface area contributed by atoms with Crippen LogP contribution >= 0.6 is 0 Å². The minimum atomic E-state index is -3.20. The van der Waals surface area contributed by atoms with E-state index in [-0.39, 0.29) is 11.9 Å². The number of fused-ring (bicyclic) bond motifs is 1. The Labute approximate surface area is 141 Å². The van der Waals surface area contributed by atoms with Gasteiger partial charge in [0.1, 0.15) is 5.82 Å². The molecule has 8 heteroatoms. The normalized spacial score (nSPS) is 18.5. The monoisotopic (exact) mass is 352 g/mol. The number of halogens is 1. The molecule has 2 aromatic rings. The van der Waals surface area contributed by atoms with Gasteiger partial charge >= 0.3 is 0 Å². The predicted molar refractivity (Wildman–Crippen MR) is 89.2 cm³/mol. The predicted octanol–water partition coefficient (Wildman–Crippen LogP) is 1.52. The molecule has 0 aliphatic carbocycles. The topological polar surface area (TPSA) is 67.2 Å². The lowest BCUT2D eigenvalue weighted by molar-refractivity contribution is 0.160. The summed E-state index contributed by atoms with van der Waals surface area (Å²) in [5.41, 5.74) is 1.72. The number of aromatic nitrogens is 2. The SMILES string of the molecule is CS(=O)(=O)NCC[C@@H]1CN(Cc2ccccc2F)Cc2ccnn21. The van der Waals surface area contributed by atoms with Gasteiger partial charge in [0.2, 0.25) is 10.0 Å². The molecule has 0 saturated heterocycles. The molecule has 1 atom stereocenters. The molecular weight excluding hydrogens is 331 g/mol. The van der Waals surface area contributed by atoms with E-state index in [0.29, 0.717) is 38.2 Å². The molecule has 2 heterocycles. The second kappa shape index (κ2) is 7.00. The van der Waals surface area contributed by atoms with Gasteiger partial charge in [-0.3, -0.25) is 9.58 Å². The molecule has 130 valence electrons. The zero-order valence-electron chi connectivity index (χ0n) is 13.5. The Morgan fingerprint density at radius 1 is 1.33 bits per heavy atom. The van der Waals surface area contributed by atoms with E-state index in [1.165, 1.54) is 6.07 Å². The van der Waals surface area contributed by atoms with Crippen molar-refractivity contribution >= 4 is 10.0 Å². The zero-order chi connectivity index (χ0) is 17.2. The van der Waals surface area contributed by atoms with Gasteiger partial charge in [0.15, 0.2) is 0 Å². The van der Waals surface area contributed by atoms with Crippen molar-refractivity contribution < 1.29 is 12.8 Å². The minimum absolute atomic E-state index is 0.0600. The van der Waals surface area contributed by atoms with Crippen LogP contribution in [0.5, 0.6) is 0 Å². The molecule has 1 N–H and O–H groups in total. The molecule has 0 spiro atoms. The van der Waals surface area contributed by atoms with Crippen molar-refractivity contribution in [1.29, 1.82) is 0 Å². The first-order valence-corrected chi connectivity index (χ1v) is 9.74. The van der Waals surface area contributed by atoms with Crippen LogP contribution in [0.2, 0.25) is 0 Å². The molecular formula is C16H21FN4O2S. The summed E-state index contributed by atoms with van der Waals surface area (Å²) in [6, 6.07) is 8.79. The molecule has 0 amide bonds. The molecule has 0 bridgehead atoms. The molecule has 0 saturated carbocycles. The van der Waals surface area contributed by atoms with E-state index >= 15 is 0 Å². The van der Waals surface area contributed by atoms with Gasteiger partial charge < -0.3 is 0 Å². The van der Waals surface area contributed by atoms with Crippen LogP contribution in [0.3, 0.4) is 0 Å². The Morgan fingerprint density at radius 3 is 2.88 bits per heavy atom. The Hall–Kier alpha value is -1.77. The van der Waals surface area contributed by atoms with Gasteiger partial charge in [0.25, 0.3) is 0 Å². The Balaban J connectivity index is 1.70. The summed E-state index contributed by atoms with van der Waals surface area (Å²) in [5.74, 6) is -0.202. The molecule has 24 heavy (non-hydrogen) atoms. The molecule has 3 rings (SSSR count). The van der Waals surface area contributed by atoms with Gasteiger partial charge in [-0.1, -0.05) is 18.2 Å². The first-order valence-electron chi connectivity index (χ1n) is 7.85. The highest BCUT2D eigenvalue weighted by molar-refractivity contribution is 7.88. The van der Waals surface area contributed by atoms with Crippen LogP contribution in [0, 0.1) is 5.82 Å². The third kappa shape index (κ3) is 4.19. The average Bonchev–Trinajstić information content (AvgIpc) is 2.97. The van der Waals surface area contributed by atoms with Crippen LogP contribution in [0.25, 0.3) is 0 Å². The van der Waals surface area contributed by atoms with E-state index < -0.39 is 10.0 Å². The fraction of sp³-hybridized carbons (Fsp3) is 0.438. The standard InChI is InChI=1S/C16H21FN4O2S/c1-24(22,23)19-9-7-15-12-20(11-14-6-8-18-21(14)15)10-13-4-2-3-5-16(13)17/h2-6,8,15,19H,7,9-12H2,1H3/t15-/m1/s1. The number of sulfonamides is 1. The van der Waals surface area contributed by atoms with Crippen LogP contribution in [0.15, 0.2) is 36.5 Å². The van der Waals surface area contributed by atoms with Gasteiger partial charge in [-0.05, 0) is 18.6 Å². The van der Waals surface area contributed by atoms with Gasteiger partial charge in [0, 0.05) is 37.9 Å². The molecule has 1 aromatic heterocycles. The number of hydrogen-bond donors (Lipinski definition) is 1. The number of benzene rings is 1. The summed E-state index contributed by atoms with van der Waals surface area (Å²) in [6.07, 6.45) is 3.53. The Bertz CT molecular complexity index is 806. The summed E-state index contributed by atoms with van der Waals surface area (Å²) >= 11 is 0. The van der Waals surface area contributed by atoms with E-state index in [0.717, 1.165) is 11.9 Å². The van der Waals surface area contributed by atoms with Gasteiger partial charge in [-0.15, -0.1) is 0 Å². The Morgan fingerprint density at radius 2 is 2.12 bits per heavy atom. The summed E-state index contributed by atoms with van der Waals surface area (Å²) < 4.78 is 40.8. The van der Waals surface area contributed by atoms with Crippen molar-refractivity contribution in [2.45, 2.75) is 25.6 Å². The van der Waals surface area contributed by atoms with Gasteiger partial charge in [-0.2, -0.15) is 5.10 Å². The van der Waals surface area contributed by atoms with Crippen LogP contribution in [-0.2, 0) is 23.1 Å². The van der Waals surface area contributed by atoms with E-state index in [1.807, 2.05) is 16.8 Å². The molecule has 1 aliphatic rings. The maximum absolute atomic E-state index is 13.9. The number of nitrogens with one attached hydrogen (secondary N) is 1. The van der Waals surface area contributed by atoms with Crippen molar-refractivity contribution in [2.24, 2.45) is 0 Å². The summed E-state index contributed by atoms with van der Waals surface area (Å²) in [7, 11) is -3.20. The van der Waals surface area contributed by atoms with E-state index in [4.69, 9.17) is 0 Å². The molecule has 1 aromatic carbocycles. The van der Waals surface area contributed by atoms with Gasteiger partial charge in [0.05, 0.1) is 18.0 Å². The Kier molecular flexibility index (Phi) is 4.98. The molecule has 1 aliphatic heterocycles. The highest BCUT2D eigenvalue weighted by Gasteiger charge is 2.26. The maximum Gasteiger partial charge on any atom is 0.208 e. The van der Waals surface area contributed by atoms with Crippen LogP contribution in [0.1, 0.15) is 23.7 Å². The van der Waals surface area contributed by atoms with Gasteiger partial charge in [-0.25, -0.2) is 17.5 Å². The van der Waals surface area contributed by atoms with Crippen molar-refractivity contribution in [3.8, 4) is 0 Å². The van der Waals surface area contributed by atoms with Crippen LogP contribution in [0.4, 0.5) is 4.39 Å². The second-order valence-corrected chi connectivity index (χ2v) is 7.97. The molecule has 0 fully saturated rings. The number of nitrogens with zero attached hydrogens (tertiary/aromatic N) is 3. The lowest BCUT2D eigenvalue weighted by atomic mass is 10.1. The second-order valence-electron chi connectivity index (χ2n) is 6.14.